The van der Waals surface area contributed by atoms with Crippen LogP contribution in [0.1, 0.15) is 43.6 Å². The molecule has 1 aromatic heterocycles. The molecule has 2 rings (SSSR count). The number of nitrogens with zero attached hydrogens (tertiary/aromatic N) is 1. The second kappa shape index (κ2) is 7.17. The van der Waals surface area contributed by atoms with Gasteiger partial charge < -0.3 is 10.5 Å². The molecule has 0 spiro atoms. The first-order chi connectivity index (χ1) is 9.72. The summed E-state index contributed by atoms with van der Waals surface area (Å²) in [4.78, 5) is 4.17. The molecule has 3 nitrogen and oxygen atoms in total. The molecule has 0 radical (unpaired) electrons. The van der Waals surface area contributed by atoms with Gasteiger partial charge in [-0.15, -0.1) is 0 Å². The van der Waals surface area contributed by atoms with E-state index in [-0.39, 0.29) is 18.2 Å². The molecule has 3 unspecified atom stereocenters. The topological polar surface area (TPSA) is 48.1 Å². The number of nitrogens with two attached hydrogens (primary N) is 1. The van der Waals surface area contributed by atoms with Gasteiger partial charge in [0, 0.05) is 24.0 Å². The Labute approximate surface area is 120 Å². The Bertz CT molecular complexity index is 501. The van der Waals surface area contributed by atoms with Crippen LogP contribution in [-0.4, -0.2) is 11.0 Å². The third-order valence-electron chi connectivity index (χ3n) is 3.49. The minimum atomic E-state index is -0.135. The summed E-state index contributed by atoms with van der Waals surface area (Å²) in [7, 11) is 0. The third-order valence-corrected chi connectivity index (χ3v) is 3.49. The first-order valence-corrected chi connectivity index (χ1v) is 7.08. The lowest BCUT2D eigenvalue weighted by Gasteiger charge is -2.27. The lowest BCUT2D eigenvalue weighted by atomic mass is 10.0. The summed E-state index contributed by atoms with van der Waals surface area (Å²) in [5.41, 5.74) is 8.41. The van der Waals surface area contributed by atoms with Crippen molar-refractivity contribution in [3.63, 3.8) is 0 Å². The predicted molar refractivity (Wildman–Crippen MR) is 81.2 cm³/mol. The van der Waals surface area contributed by atoms with E-state index in [0.29, 0.717) is 0 Å². The van der Waals surface area contributed by atoms with Crippen LogP contribution in [0.4, 0.5) is 0 Å². The molecular weight excluding hydrogens is 248 g/mol. The molecule has 0 aliphatic heterocycles. The first-order valence-electron chi connectivity index (χ1n) is 7.08. The lowest BCUT2D eigenvalue weighted by Crippen LogP contribution is -2.30. The van der Waals surface area contributed by atoms with Crippen LogP contribution in [-0.2, 0) is 4.74 Å². The molecule has 20 heavy (non-hydrogen) atoms. The number of hydrogen-bond donors (Lipinski definition) is 1. The van der Waals surface area contributed by atoms with Gasteiger partial charge >= 0.3 is 0 Å². The van der Waals surface area contributed by atoms with Gasteiger partial charge in [0.15, 0.2) is 0 Å². The zero-order valence-corrected chi connectivity index (χ0v) is 12.1. The van der Waals surface area contributed by atoms with E-state index in [1.165, 1.54) is 0 Å². The second-order valence-corrected chi connectivity index (χ2v) is 4.97. The Hall–Kier alpha value is -1.71. The van der Waals surface area contributed by atoms with Gasteiger partial charge in [-0.25, -0.2) is 0 Å². The lowest BCUT2D eigenvalue weighted by molar-refractivity contribution is -0.0201. The maximum absolute atomic E-state index is 6.22. The molecule has 106 valence electrons. The number of ether oxygens (including phenoxy) is 1. The standard InChI is InChI=1S/C17H22N2O/c1-3-16(18)17(15-10-7-11-19-12-15)20-13(2)14-8-5-4-6-9-14/h4-13,16-17H,3,18H2,1-2H3. The predicted octanol–water partition coefficient (Wildman–Crippen LogP) is 3.64. The van der Waals surface area contributed by atoms with Crippen molar-refractivity contribution in [1.82, 2.24) is 4.98 Å². The number of hydrogen-bond acceptors (Lipinski definition) is 3. The van der Waals surface area contributed by atoms with Gasteiger partial charge in [-0.3, -0.25) is 4.98 Å². The summed E-state index contributed by atoms with van der Waals surface area (Å²) in [6.45, 7) is 4.13. The fourth-order valence-corrected chi connectivity index (χ4v) is 2.21. The Morgan fingerprint density at radius 2 is 1.80 bits per heavy atom. The van der Waals surface area contributed by atoms with Crippen LogP contribution in [0.5, 0.6) is 0 Å². The molecule has 1 aromatic carbocycles. The van der Waals surface area contributed by atoms with Crippen LogP contribution < -0.4 is 5.73 Å². The summed E-state index contributed by atoms with van der Waals surface area (Å²) in [6, 6.07) is 14.1. The van der Waals surface area contributed by atoms with E-state index < -0.39 is 0 Å². The minimum Gasteiger partial charge on any atom is -0.364 e. The zero-order valence-electron chi connectivity index (χ0n) is 12.1. The molecule has 0 aliphatic rings. The van der Waals surface area contributed by atoms with E-state index >= 15 is 0 Å². The number of aromatic nitrogens is 1. The molecular formula is C17H22N2O. The second-order valence-electron chi connectivity index (χ2n) is 4.97. The molecule has 2 N–H and O–H groups in total. The van der Waals surface area contributed by atoms with Crippen molar-refractivity contribution in [3.8, 4) is 0 Å². The highest BCUT2D eigenvalue weighted by Gasteiger charge is 2.22. The van der Waals surface area contributed by atoms with Crippen LogP contribution in [0.3, 0.4) is 0 Å². The maximum Gasteiger partial charge on any atom is 0.0998 e. The van der Waals surface area contributed by atoms with E-state index in [1.807, 2.05) is 36.5 Å². The van der Waals surface area contributed by atoms with E-state index in [9.17, 15) is 0 Å². The van der Waals surface area contributed by atoms with Crippen LogP contribution in [0.25, 0.3) is 0 Å². The van der Waals surface area contributed by atoms with Crippen molar-refractivity contribution in [2.75, 3.05) is 0 Å². The summed E-state index contributed by atoms with van der Waals surface area (Å²) >= 11 is 0. The fraction of sp³-hybridized carbons (Fsp3) is 0.353. The largest absolute Gasteiger partial charge is 0.364 e. The molecule has 1 heterocycles. The highest BCUT2D eigenvalue weighted by Crippen LogP contribution is 2.28. The van der Waals surface area contributed by atoms with Gasteiger partial charge in [-0.05, 0) is 25.0 Å². The molecule has 0 fully saturated rings. The molecule has 2 aromatic rings. The van der Waals surface area contributed by atoms with E-state index in [2.05, 4.69) is 31.0 Å². The fourth-order valence-electron chi connectivity index (χ4n) is 2.21. The molecule has 0 aliphatic carbocycles. The van der Waals surface area contributed by atoms with Crippen LogP contribution in [0.15, 0.2) is 54.9 Å². The van der Waals surface area contributed by atoms with Crippen molar-refractivity contribution >= 4 is 0 Å². The van der Waals surface area contributed by atoms with Gasteiger partial charge in [0.1, 0.15) is 0 Å². The molecule has 0 bridgehead atoms. The summed E-state index contributed by atoms with van der Waals surface area (Å²) in [5.74, 6) is 0. The number of rotatable bonds is 6. The third kappa shape index (κ3) is 3.65. The summed E-state index contributed by atoms with van der Waals surface area (Å²) in [5, 5.41) is 0. The average Bonchev–Trinajstić information content (AvgIpc) is 2.53. The van der Waals surface area contributed by atoms with Crippen LogP contribution in [0, 0.1) is 0 Å². The molecule has 0 saturated carbocycles. The zero-order chi connectivity index (χ0) is 14.4. The first kappa shape index (κ1) is 14.7. The molecule has 3 atom stereocenters. The van der Waals surface area contributed by atoms with E-state index in [1.54, 1.807) is 6.20 Å². The molecule has 0 amide bonds. The van der Waals surface area contributed by atoms with Crippen LogP contribution in [0.2, 0.25) is 0 Å². The van der Waals surface area contributed by atoms with Gasteiger partial charge in [-0.2, -0.15) is 0 Å². The Morgan fingerprint density at radius 1 is 1.10 bits per heavy atom. The van der Waals surface area contributed by atoms with Crippen molar-refractivity contribution in [2.24, 2.45) is 5.73 Å². The quantitative estimate of drug-likeness (QED) is 0.871. The Kier molecular flexibility index (Phi) is 5.27. The van der Waals surface area contributed by atoms with Crippen LogP contribution >= 0.6 is 0 Å². The maximum atomic E-state index is 6.22. The van der Waals surface area contributed by atoms with Gasteiger partial charge in [0.25, 0.3) is 0 Å². The number of pyridine rings is 1. The monoisotopic (exact) mass is 270 g/mol. The van der Waals surface area contributed by atoms with Crippen molar-refractivity contribution in [2.45, 2.75) is 38.5 Å². The van der Waals surface area contributed by atoms with Crippen molar-refractivity contribution in [3.05, 3.63) is 66.0 Å². The van der Waals surface area contributed by atoms with E-state index in [4.69, 9.17) is 10.5 Å². The summed E-state index contributed by atoms with van der Waals surface area (Å²) in [6.07, 6.45) is 4.32. The Balaban J connectivity index is 2.17. The number of benzene rings is 1. The normalized spacial score (nSPS) is 15.6. The SMILES string of the molecule is CCC(N)C(OC(C)c1ccccc1)c1cccnc1. The smallest absolute Gasteiger partial charge is 0.0998 e. The van der Waals surface area contributed by atoms with Gasteiger partial charge in [0.2, 0.25) is 0 Å². The van der Waals surface area contributed by atoms with Gasteiger partial charge in [-0.1, -0.05) is 43.3 Å². The average molecular weight is 270 g/mol. The highest BCUT2D eigenvalue weighted by molar-refractivity contribution is 5.18. The van der Waals surface area contributed by atoms with Crippen molar-refractivity contribution in [1.29, 1.82) is 0 Å². The summed E-state index contributed by atoms with van der Waals surface area (Å²) < 4.78 is 6.21. The molecule has 0 saturated heterocycles. The van der Waals surface area contributed by atoms with Gasteiger partial charge in [0.05, 0.1) is 12.2 Å². The highest BCUT2D eigenvalue weighted by atomic mass is 16.5. The Morgan fingerprint density at radius 3 is 2.40 bits per heavy atom. The molecule has 3 heteroatoms. The minimum absolute atomic E-state index is 0.000920. The van der Waals surface area contributed by atoms with E-state index in [0.717, 1.165) is 17.5 Å². The van der Waals surface area contributed by atoms with Crippen molar-refractivity contribution < 1.29 is 4.74 Å².